The van der Waals surface area contributed by atoms with E-state index in [0.717, 1.165) is 16.9 Å². The summed E-state index contributed by atoms with van der Waals surface area (Å²) < 4.78 is 0. The molecule has 2 rings (SSSR count). The van der Waals surface area contributed by atoms with E-state index < -0.39 is 0 Å². The molecule has 2 heterocycles. The lowest BCUT2D eigenvalue weighted by atomic mass is 10.4. The molecule has 1 N–H and O–H groups in total. The molecule has 2 aromatic heterocycles. The quantitative estimate of drug-likeness (QED) is 0.585. The van der Waals surface area contributed by atoms with Gasteiger partial charge in [-0.3, -0.25) is 5.10 Å². The van der Waals surface area contributed by atoms with Crippen LogP contribution in [0.4, 0.5) is 0 Å². The fourth-order valence-electron chi connectivity index (χ4n) is 0.826. The van der Waals surface area contributed by atoms with Crippen molar-refractivity contribution in [3.05, 3.63) is 18.2 Å². The van der Waals surface area contributed by atoms with Gasteiger partial charge in [-0.1, -0.05) is 0 Å². The van der Waals surface area contributed by atoms with Crippen LogP contribution < -0.4 is 0 Å². The molecular formula is C6H8N4. The summed E-state index contributed by atoms with van der Waals surface area (Å²) in [7, 11) is 0. The fourth-order valence-corrected chi connectivity index (χ4v) is 0.826. The molecule has 0 aliphatic carbocycles. The molecule has 0 aliphatic rings. The standard InChI is InChI=1S/C6H6N4.H2/c1-4-7-2-5-3-8-10-6(5)9-4;/h2-3H,1H3,(H,7,8,9,10);1H. The van der Waals surface area contributed by atoms with Crippen LogP contribution in [0.1, 0.15) is 7.25 Å². The molecule has 0 unspecified atom stereocenters. The zero-order valence-electron chi connectivity index (χ0n) is 5.50. The summed E-state index contributed by atoms with van der Waals surface area (Å²) in [6.07, 6.45) is 3.45. The Labute approximate surface area is 58.8 Å². The second kappa shape index (κ2) is 1.76. The molecule has 10 heavy (non-hydrogen) atoms. The van der Waals surface area contributed by atoms with Crippen LogP contribution in [0.5, 0.6) is 0 Å². The Morgan fingerprint density at radius 2 is 2.40 bits per heavy atom. The first-order chi connectivity index (χ1) is 4.86. The van der Waals surface area contributed by atoms with Gasteiger partial charge in [0.25, 0.3) is 0 Å². The van der Waals surface area contributed by atoms with Gasteiger partial charge in [-0.25, -0.2) is 9.97 Å². The SMILES string of the molecule is Cc1ncc2cn[nH]c2n1.[HH]. The zero-order valence-corrected chi connectivity index (χ0v) is 5.50. The molecule has 0 bridgehead atoms. The second-order valence-corrected chi connectivity index (χ2v) is 2.09. The molecular weight excluding hydrogens is 128 g/mol. The molecule has 0 aromatic carbocycles. The largest absolute Gasteiger partial charge is 0.261 e. The highest BCUT2D eigenvalue weighted by Gasteiger charge is 1.95. The molecule has 2 aromatic rings. The number of H-pyrrole nitrogens is 1. The minimum absolute atomic E-state index is 0. The summed E-state index contributed by atoms with van der Waals surface area (Å²) in [6, 6.07) is 0. The van der Waals surface area contributed by atoms with Gasteiger partial charge in [0, 0.05) is 7.62 Å². The number of fused-ring (bicyclic) bond motifs is 1. The Bertz CT molecular complexity index is 356. The van der Waals surface area contributed by atoms with Gasteiger partial charge in [0.05, 0.1) is 11.6 Å². The Hall–Kier alpha value is -1.45. The maximum atomic E-state index is 4.11. The summed E-state index contributed by atoms with van der Waals surface area (Å²) in [4.78, 5) is 8.11. The van der Waals surface area contributed by atoms with Gasteiger partial charge < -0.3 is 0 Å². The van der Waals surface area contributed by atoms with Gasteiger partial charge in [-0.15, -0.1) is 0 Å². The van der Waals surface area contributed by atoms with Crippen molar-refractivity contribution in [3.63, 3.8) is 0 Å². The van der Waals surface area contributed by atoms with Crippen LogP contribution in [0.3, 0.4) is 0 Å². The predicted octanol–water partition coefficient (Wildman–Crippen LogP) is 0.907. The third kappa shape index (κ3) is 0.655. The Morgan fingerprint density at radius 3 is 3.30 bits per heavy atom. The molecule has 0 spiro atoms. The van der Waals surface area contributed by atoms with Crippen LogP contribution in [-0.2, 0) is 0 Å². The Balaban J connectivity index is 0.000000605. The van der Waals surface area contributed by atoms with Gasteiger partial charge in [-0.05, 0) is 6.92 Å². The summed E-state index contributed by atoms with van der Waals surface area (Å²) in [5, 5.41) is 7.52. The second-order valence-electron chi connectivity index (χ2n) is 2.09. The van der Waals surface area contributed by atoms with Gasteiger partial charge in [0.15, 0.2) is 5.65 Å². The van der Waals surface area contributed by atoms with Crippen LogP contribution in [0.25, 0.3) is 11.0 Å². The summed E-state index contributed by atoms with van der Waals surface area (Å²) in [6.45, 7) is 1.85. The van der Waals surface area contributed by atoms with Crippen LogP contribution in [-0.4, -0.2) is 20.2 Å². The molecule has 0 amide bonds. The molecule has 0 aliphatic heterocycles. The number of nitrogens with zero attached hydrogens (tertiary/aromatic N) is 3. The highest BCUT2D eigenvalue weighted by atomic mass is 15.1. The average molecular weight is 136 g/mol. The van der Waals surface area contributed by atoms with Crippen LogP contribution in [0.15, 0.2) is 12.4 Å². The third-order valence-electron chi connectivity index (χ3n) is 1.31. The van der Waals surface area contributed by atoms with Crippen molar-refractivity contribution in [2.75, 3.05) is 0 Å². The number of aromatic nitrogens is 4. The molecule has 0 saturated heterocycles. The third-order valence-corrected chi connectivity index (χ3v) is 1.31. The van der Waals surface area contributed by atoms with Crippen molar-refractivity contribution in [1.29, 1.82) is 0 Å². The number of hydrogen-bond acceptors (Lipinski definition) is 3. The number of nitrogens with one attached hydrogen (secondary N) is 1. The number of aryl methyl sites for hydroxylation is 1. The lowest BCUT2D eigenvalue weighted by Gasteiger charge is -1.87. The first-order valence-electron chi connectivity index (χ1n) is 2.99. The minimum Gasteiger partial charge on any atom is -0.261 e. The monoisotopic (exact) mass is 136 g/mol. The van der Waals surface area contributed by atoms with Crippen molar-refractivity contribution in [1.82, 2.24) is 20.2 Å². The van der Waals surface area contributed by atoms with E-state index in [9.17, 15) is 0 Å². The predicted molar refractivity (Wildman–Crippen MR) is 38.5 cm³/mol. The van der Waals surface area contributed by atoms with E-state index in [1.165, 1.54) is 0 Å². The summed E-state index contributed by atoms with van der Waals surface area (Å²) in [5.41, 5.74) is 0.799. The van der Waals surface area contributed by atoms with E-state index in [1.807, 2.05) is 6.92 Å². The van der Waals surface area contributed by atoms with E-state index in [4.69, 9.17) is 0 Å². The minimum atomic E-state index is 0. The lowest BCUT2D eigenvalue weighted by Crippen LogP contribution is -1.85. The Morgan fingerprint density at radius 1 is 1.50 bits per heavy atom. The normalized spacial score (nSPS) is 10.5. The van der Waals surface area contributed by atoms with Gasteiger partial charge in [0.1, 0.15) is 5.82 Å². The number of hydrogen-bond donors (Lipinski definition) is 1. The van der Waals surface area contributed by atoms with Crippen molar-refractivity contribution >= 4 is 11.0 Å². The molecule has 0 fully saturated rings. The van der Waals surface area contributed by atoms with Crippen molar-refractivity contribution in [2.24, 2.45) is 0 Å². The number of aromatic amines is 1. The van der Waals surface area contributed by atoms with E-state index in [-0.39, 0.29) is 1.43 Å². The highest BCUT2D eigenvalue weighted by molar-refractivity contribution is 5.72. The van der Waals surface area contributed by atoms with Crippen molar-refractivity contribution in [2.45, 2.75) is 6.92 Å². The summed E-state index contributed by atoms with van der Waals surface area (Å²) >= 11 is 0. The average Bonchev–Trinajstić information content (AvgIpc) is 2.33. The molecule has 0 radical (unpaired) electrons. The van der Waals surface area contributed by atoms with Crippen LogP contribution in [0.2, 0.25) is 0 Å². The highest BCUT2D eigenvalue weighted by Crippen LogP contribution is 2.03. The lowest BCUT2D eigenvalue weighted by molar-refractivity contribution is 1.05. The van der Waals surface area contributed by atoms with E-state index >= 15 is 0 Å². The van der Waals surface area contributed by atoms with Crippen molar-refractivity contribution in [3.8, 4) is 0 Å². The first kappa shape index (κ1) is 5.34. The maximum Gasteiger partial charge on any atom is 0.158 e. The van der Waals surface area contributed by atoms with E-state index in [2.05, 4.69) is 20.2 Å². The van der Waals surface area contributed by atoms with Gasteiger partial charge in [-0.2, -0.15) is 5.10 Å². The smallest absolute Gasteiger partial charge is 0.158 e. The van der Waals surface area contributed by atoms with Crippen molar-refractivity contribution < 1.29 is 1.43 Å². The molecule has 0 saturated carbocycles. The molecule has 4 heteroatoms. The van der Waals surface area contributed by atoms with E-state index in [0.29, 0.717) is 0 Å². The zero-order chi connectivity index (χ0) is 6.97. The molecule has 4 nitrogen and oxygen atoms in total. The van der Waals surface area contributed by atoms with Gasteiger partial charge in [0.2, 0.25) is 0 Å². The summed E-state index contributed by atoms with van der Waals surface area (Å²) in [5.74, 6) is 0.761. The first-order valence-corrected chi connectivity index (χ1v) is 2.99. The number of rotatable bonds is 0. The molecule has 52 valence electrons. The maximum absolute atomic E-state index is 4.11. The fraction of sp³-hybridized carbons (Fsp3) is 0.167. The van der Waals surface area contributed by atoms with Gasteiger partial charge >= 0.3 is 0 Å². The van der Waals surface area contributed by atoms with E-state index in [1.54, 1.807) is 12.4 Å². The van der Waals surface area contributed by atoms with Crippen LogP contribution >= 0.6 is 0 Å². The Kier molecular flexibility index (Phi) is 0.943. The molecule has 0 atom stereocenters. The topological polar surface area (TPSA) is 54.5 Å². The van der Waals surface area contributed by atoms with Crippen LogP contribution in [0, 0.1) is 6.92 Å².